The van der Waals surface area contributed by atoms with Crippen LogP contribution in [0.3, 0.4) is 0 Å². The van der Waals surface area contributed by atoms with E-state index in [0.717, 1.165) is 11.3 Å². The third-order valence-corrected chi connectivity index (χ3v) is 5.42. The van der Waals surface area contributed by atoms with E-state index in [2.05, 4.69) is 47.9 Å². The number of fused-ring (bicyclic) bond motifs is 1. The standard InChI is InChI=1S/C15H21NS/c1-2-13-7-5-9-16(13)11-14-10-12-6-3-4-8-15(12)17-14/h3-4,6,8,13-14H,2,5,7,9-11H2,1H3. The molecule has 2 atom stereocenters. The lowest BCUT2D eigenvalue weighted by atomic mass is 10.1. The summed E-state index contributed by atoms with van der Waals surface area (Å²) in [5, 5.41) is 0.791. The Morgan fingerprint density at radius 2 is 2.24 bits per heavy atom. The van der Waals surface area contributed by atoms with Gasteiger partial charge in [-0.15, -0.1) is 11.8 Å². The van der Waals surface area contributed by atoms with Crippen LogP contribution in [0.2, 0.25) is 0 Å². The Morgan fingerprint density at radius 3 is 3.06 bits per heavy atom. The number of thioether (sulfide) groups is 1. The van der Waals surface area contributed by atoms with Crippen molar-refractivity contribution in [3.8, 4) is 0 Å². The van der Waals surface area contributed by atoms with Gasteiger partial charge in [-0.25, -0.2) is 0 Å². The fourth-order valence-corrected chi connectivity index (χ4v) is 4.56. The Morgan fingerprint density at radius 1 is 1.35 bits per heavy atom. The molecule has 0 amide bonds. The molecule has 3 rings (SSSR count). The summed E-state index contributed by atoms with van der Waals surface area (Å²) in [6.45, 7) is 4.95. The van der Waals surface area contributed by atoms with Crippen LogP contribution in [-0.4, -0.2) is 29.3 Å². The Labute approximate surface area is 109 Å². The van der Waals surface area contributed by atoms with Crippen molar-refractivity contribution in [3.63, 3.8) is 0 Å². The van der Waals surface area contributed by atoms with Crippen molar-refractivity contribution in [1.29, 1.82) is 0 Å². The molecule has 2 heterocycles. The van der Waals surface area contributed by atoms with Gasteiger partial charge in [-0.1, -0.05) is 25.1 Å². The fourth-order valence-electron chi connectivity index (χ4n) is 3.22. The second-order valence-corrected chi connectivity index (χ2v) is 6.59. The molecule has 2 unspecified atom stereocenters. The van der Waals surface area contributed by atoms with Crippen LogP contribution in [-0.2, 0) is 6.42 Å². The zero-order valence-electron chi connectivity index (χ0n) is 10.6. The molecule has 1 nitrogen and oxygen atoms in total. The monoisotopic (exact) mass is 247 g/mol. The molecular formula is C15H21NS. The molecule has 2 heteroatoms. The van der Waals surface area contributed by atoms with Crippen molar-refractivity contribution in [2.45, 2.75) is 48.8 Å². The first-order valence-corrected chi connectivity index (χ1v) is 7.73. The molecule has 0 spiro atoms. The van der Waals surface area contributed by atoms with Gasteiger partial charge < -0.3 is 0 Å². The maximum Gasteiger partial charge on any atom is 0.0263 e. The van der Waals surface area contributed by atoms with Crippen LogP contribution >= 0.6 is 11.8 Å². The maximum absolute atomic E-state index is 2.73. The Balaban J connectivity index is 1.62. The van der Waals surface area contributed by atoms with E-state index in [0.29, 0.717) is 0 Å². The average Bonchev–Trinajstić information content (AvgIpc) is 2.94. The van der Waals surface area contributed by atoms with Crippen LogP contribution in [0.15, 0.2) is 29.2 Å². The molecule has 92 valence electrons. The number of hydrogen-bond donors (Lipinski definition) is 0. The molecule has 0 saturated carbocycles. The van der Waals surface area contributed by atoms with Crippen molar-refractivity contribution >= 4 is 11.8 Å². The number of nitrogens with zero attached hydrogens (tertiary/aromatic N) is 1. The van der Waals surface area contributed by atoms with Gasteiger partial charge in [0.2, 0.25) is 0 Å². The van der Waals surface area contributed by atoms with Crippen molar-refractivity contribution < 1.29 is 0 Å². The summed E-state index contributed by atoms with van der Waals surface area (Å²) in [6, 6.07) is 9.77. The van der Waals surface area contributed by atoms with Gasteiger partial charge in [0.1, 0.15) is 0 Å². The van der Waals surface area contributed by atoms with E-state index in [9.17, 15) is 0 Å². The van der Waals surface area contributed by atoms with Gasteiger partial charge >= 0.3 is 0 Å². The van der Waals surface area contributed by atoms with Gasteiger partial charge in [-0.3, -0.25) is 4.90 Å². The Hall–Kier alpha value is -0.470. The minimum absolute atomic E-state index is 0.791. The highest BCUT2D eigenvalue weighted by atomic mass is 32.2. The highest BCUT2D eigenvalue weighted by molar-refractivity contribution is 8.00. The van der Waals surface area contributed by atoms with E-state index >= 15 is 0 Å². The SMILES string of the molecule is CCC1CCCN1CC1Cc2ccccc2S1. The van der Waals surface area contributed by atoms with Crippen molar-refractivity contribution in [1.82, 2.24) is 4.90 Å². The van der Waals surface area contributed by atoms with Crippen LogP contribution < -0.4 is 0 Å². The normalized spacial score (nSPS) is 28.5. The molecule has 0 aromatic heterocycles. The topological polar surface area (TPSA) is 3.24 Å². The van der Waals surface area contributed by atoms with Crippen molar-refractivity contribution in [2.75, 3.05) is 13.1 Å². The third-order valence-electron chi connectivity index (χ3n) is 4.12. The molecule has 1 fully saturated rings. The summed E-state index contributed by atoms with van der Waals surface area (Å²) in [5.41, 5.74) is 1.56. The average molecular weight is 247 g/mol. The minimum Gasteiger partial charge on any atom is -0.299 e. The molecular weight excluding hydrogens is 226 g/mol. The summed E-state index contributed by atoms with van der Waals surface area (Å²) in [5.74, 6) is 0. The molecule has 0 N–H and O–H groups in total. The first-order valence-electron chi connectivity index (χ1n) is 6.85. The molecule has 1 aromatic carbocycles. The minimum atomic E-state index is 0.791. The zero-order chi connectivity index (χ0) is 11.7. The second kappa shape index (κ2) is 5.03. The quantitative estimate of drug-likeness (QED) is 0.803. The fraction of sp³-hybridized carbons (Fsp3) is 0.600. The van der Waals surface area contributed by atoms with Crippen LogP contribution in [0.4, 0.5) is 0 Å². The number of rotatable bonds is 3. The zero-order valence-corrected chi connectivity index (χ0v) is 11.4. The molecule has 1 saturated heterocycles. The van der Waals surface area contributed by atoms with E-state index < -0.39 is 0 Å². The van der Waals surface area contributed by atoms with Crippen molar-refractivity contribution in [3.05, 3.63) is 29.8 Å². The molecule has 0 radical (unpaired) electrons. The molecule has 2 aliphatic heterocycles. The second-order valence-electron chi connectivity index (χ2n) is 5.25. The lowest BCUT2D eigenvalue weighted by Crippen LogP contribution is -2.34. The largest absolute Gasteiger partial charge is 0.299 e. The summed E-state index contributed by atoms with van der Waals surface area (Å²) in [6.07, 6.45) is 5.42. The van der Waals surface area contributed by atoms with Gasteiger partial charge in [0.05, 0.1) is 0 Å². The lowest BCUT2D eigenvalue weighted by Gasteiger charge is -2.25. The molecule has 0 bridgehead atoms. The third kappa shape index (κ3) is 2.38. The summed E-state index contributed by atoms with van der Waals surface area (Å²) >= 11 is 2.09. The summed E-state index contributed by atoms with van der Waals surface area (Å²) in [4.78, 5) is 4.24. The van der Waals surface area contributed by atoms with Crippen LogP contribution in [0.25, 0.3) is 0 Å². The van der Waals surface area contributed by atoms with Gasteiger partial charge in [-0.2, -0.15) is 0 Å². The number of benzene rings is 1. The van der Waals surface area contributed by atoms with Gasteiger partial charge in [0.15, 0.2) is 0 Å². The Bertz CT molecular complexity index is 365. The highest BCUT2D eigenvalue weighted by Crippen LogP contribution is 2.38. The maximum atomic E-state index is 2.73. The molecule has 17 heavy (non-hydrogen) atoms. The van der Waals surface area contributed by atoms with Gasteiger partial charge in [0.25, 0.3) is 0 Å². The van der Waals surface area contributed by atoms with Crippen LogP contribution in [0.5, 0.6) is 0 Å². The lowest BCUT2D eigenvalue weighted by molar-refractivity contribution is 0.249. The summed E-state index contributed by atoms with van der Waals surface area (Å²) in [7, 11) is 0. The van der Waals surface area contributed by atoms with Crippen molar-refractivity contribution in [2.24, 2.45) is 0 Å². The number of likely N-dealkylation sites (tertiary alicyclic amines) is 1. The first-order chi connectivity index (χ1) is 8.36. The van der Waals surface area contributed by atoms with E-state index in [1.165, 1.54) is 43.7 Å². The van der Waals surface area contributed by atoms with Gasteiger partial charge in [0, 0.05) is 22.7 Å². The van der Waals surface area contributed by atoms with Gasteiger partial charge in [-0.05, 0) is 43.9 Å². The first kappa shape index (κ1) is 11.6. The highest BCUT2D eigenvalue weighted by Gasteiger charge is 2.28. The Kier molecular flexibility index (Phi) is 3.44. The van der Waals surface area contributed by atoms with E-state index in [1.54, 1.807) is 5.56 Å². The van der Waals surface area contributed by atoms with E-state index in [-0.39, 0.29) is 0 Å². The molecule has 1 aromatic rings. The van der Waals surface area contributed by atoms with Crippen LogP contribution in [0.1, 0.15) is 31.7 Å². The predicted octanol–water partition coefficient (Wildman–Crippen LogP) is 3.58. The molecule has 0 aliphatic carbocycles. The van der Waals surface area contributed by atoms with E-state index in [1.807, 2.05) is 0 Å². The van der Waals surface area contributed by atoms with Crippen LogP contribution in [0, 0.1) is 0 Å². The number of hydrogen-bond acceptors (Lipinski definition) is 2. The molecule has 2 aliphatic rings. The summed E-state index contributed by atoms with van der Waals surface area (Å²) < 4.78 is 0. The smallest absolute Gasteiger partial charge is 0.0263 e. The predicted molar refractivity (Wildman–Crippen MR) is 74.7 cm³/mol. The van der Waals surface area contributed by atoms with E-state index in [4.69, 9.17) is 0 Å².